The van der Waals surface area contributed by atoms with Gasteiger partial charge in [-0.2, -0.15) is 67.4 Å². The predicted molar refractivity (Wildman–Crippen MR) is 318 cm³/mol. The Morgan fingerprint density at radius 3 is 1.25 bits per heavy atom. The summed E-state index contributed by atoms with van der Waals surface area (Å²) in [5.41, 5.74) is 4.62. The van der Waals surface area contributed by atoms with Gasteiger partial charge in [0.15, 0.2) is 13.6 Å². The molecule has 85 heavy (non-hydrogen) atoms. The van der Waals surface area contributed by atoms with E-state index in [-0.39, 0.29) is 62.3 Å². The molecule has 3 N–H and O–H groups in total. The van der Waals surface area contributed by atoms with E-state index >= 15 is 0 Å². The molecule has 9 nitrogen and oxygen atoms in total. The van der Waals surface area contributed by atoms with Crippen LogP contribution in [0.15, 0.2) is 84.9 Å². The van der Waals surface area contributed by atoms with Gasteiger partial charge in [-0.1, -0.05) is 113 Å². The van der Waals surface area contributed by atoms with Crippen molar-refractivity contribution in [3.63, 3.8) is 0 Å². The van der Waals surface area contributed by atoms with Crippen molar-refractivity contribution < 1.29 is 87.6 Å². The minimum absolute atomic E-state index is 0.132. The van der Waals surface area contributed by atoms with Crippen LogP contribution in [0.25, 0.3) is 0 Å². The summed E-state index contributed by atoms with van der Waals surface area (Å²) < 4.78 is 158. The zero-order valence-corrected chi connectivity index (χ0v) is 50.9. The number of ether oxygens (including phenoxy) is 6. The number of methoxy groups -OCH3 is 2. The van der Waals surface area contributed by atoms with Gasteiger partial charge in [-0.05, 0) is 139 Å². The standard InChI is InChI=1S/C33H45F5O5S.C29H37F5O3S.C2H6O/c1-39-23-42-26-14-12-25(13-15-26)30-22-41-31-21-27(43-24-40-2)16-17-29(31)28(30)11-8-6-4-3-5-7-9-19-44-20-10-18-32(34,35)33(36,37)38;30-28(31,29(32,33)34)16-8-18-38-17-7-5-3-1-2-4-6-9-24-25-15-14-23(36)19-27(25)37-20-26(24)21-10-12-22(35)13-11-21;1-2-3/h12-17,21,28,30H,3-11,18-20,22-24H2,1-2H3;10-15,19,24,26,35-36H,1-9,16-18,20H2;3H,2H2,1H3/t28-,30-;24-,26-;/m11./s1. The number of aliphatic hydroxyl groups is 1. The zero-order valence-electron chi connectivity index (χ0n) is 49.3. The van der Waals surface area contributed by atoms with E-state index in [0.717, 1.165) is 143 Å². The molecule has 2 aliphatic rings. The summed E-state index contributed by atoms with van der Waals surface area (Å²) in [5, 5.41) is 27.1. The Morgan fingerprint density at radius 1 is 0.459 bits per heavy atom. The van der Waals surface area contributed by atoms with Gasteiger partial charge >= 0.3 is 24.2 Å². The number of alkyl halides is 10. The third-order valence-electron chi connectivity index (χ3n) is 14.9. The Morgan fingerprint density at radius 2 is 0.812 bits per heavy atom. The second kappa shape index (κ2) is 38.8. The molecule has 4 aromatic rings. The van der Waals surface area contributed by atoms with Gasteiger partial charge in [0.1, 0.15) is 34.5 Å². The molecule has 480 valence electrons. The minimum atomic E-state index is -5.45. The van der Waals surface area contributed by atoms with Crippen molar-refractivity contribution in [1.29, 1.82) is 0 Å². The van der Waals surface area contributed by atoms with Crippen LogP contribution in [0.3, 0.4) is 0 Å². The number of benzene rings is 4. The van der Waals surface area contributed by atoms with E-state index in [9.17, 15) is 54.1 Å². The second-order valence-corrected chi connectivity index (χ2v) is 23.9. The average Bonchev–Trinajstić information content (AvgIpc) is 1.81. The molecule has 4 aromatic carbocycles. The molecule has 0 unspecified atom stereocenters. The summed E-state index contributed by atoms with van der Waals surface area (Å²) in [6.45, 7) is 3.40. The van der Waals surface area contributed by atoms with Gasteiger partial charge in [0.25, 0.3) is 0 Å². The lowest BCUT2D eigenvalue weighted by molar-refractivity contribution is -0.284. The summed E-state index contributed by atoms with van der Waals surface area (Å²) in [7, 11) is 3.18. The summed E-state index contributed by atoms with van der Waals surface area (Å²) in [6, 6.07) is 26.7. The van der Waals surface area contributed by atoms with E-state index in [1.807, 2.05) is 42.5 Å². The van der Waals surface area contributed by atoms with E-state index < -0.39 is 37.0 Å². The number of aliphatic hydroxyl groups excluding tert-OH is 1. The highest BCUT2D eigenvalue weighted by Crippen LogP contribution is 2.48. The van der Waals surface area contributed by atoms with Crippen LogP contribution in [-0.2, 0) is 9.47 Å². The van der Waals surface area contributed by atoms with Gasteiger partial charge in [0.2, 0.25) is 0 Å². The molecule has 0 aliphatic carbocycles. The number of aromatic hydroxyl groups is 2. The first kappa shape index (κ1) is 73.0. The molecule has 0 amide bonds. The highest BCUT2D eigenvalue weighted by molar-refractivity contribution is 7.99. The van der Waals surface area contributed by atoms with Crippen molar-refractivity contribution in [3.8, 4) is 34.5 Å². The molecule has 4 atom stereocenters. The van der Waals surface area contributed by atoms with E-state index in [1.54, 1.807) is 45.4 Å². The lowest BCUT2D eigenvalue weighted by Gasteiger charge is -2.34. The molecule has 2 aliphatic heterocycles. The average molecular weight is 1260 g/mol. The van der Waals surface area contributed by atoms with Crippen molar-refractivity contribution in [2.24, 2.45) is 0 Å². The predicted octanol–water partition coefficient (Wildman–Crippen LogP) is 18.9. The van der Waals surface area contributed by atoms with Gasteiger partial charge in [0.05, 0.1) is 13.2 Å². The lowest BCUT2D eigenvalue weighted by Crippen LogP contribution is -2.36. The van der Waals surface area contributed by atoms with E-state index in [0.29, 0.717) is 36.4 Å². The Kier molecular flexibility index (Phi) is 33.3. The van der Waals surface area contributed by atoms with Gasteiger partial charge in [0, 0.05) is 57.6 Å². The van der Waals surface area contributed by atoms with Crippen molar-refractivity contribution in [3.05, 3.63) is 107 Å². The summed E-state index contributed by atoms with van der Waals surface area (Å²) in [4.78, 5) is 0. The largest absolute Gasteiger partial charge is 0.508 e. The van der Waals surface area contributed by atoms with Crippen molar-refractivity contribution in [1.82, 2.24) is 0 Å². The van der Waals surface area contributed by atoms with E-state index in [1.165, 1.54) is 34.7 Å². The van der Waals surface area contributed by atoms with Gasteiger partial charge < -0.3 is 43.7 Å². The number of thioether (sulfide) groups is 2. The van der Waals surface area contributed by atoms with Crippen molar-refractivity contribution in [2.75, 3.05) is 70.6 Å². The molecule has 0 saturated heterocycles. The highest BCUT2D eigenvalue weighted by Gasteiger charge is 2.57. The van der Waals surface area contributed by atoms with Crippen molar-refractivity contribution >= 4 is 23.5 Å². The first-order valence-corrected chi connectivity index (χ1v) is 32.0. The molecule has 0 aromatic heterocycles. The molecule has 0 saturated carbocycles. The van der Waals surface area contributed by atoms with Gasteiger partial charge in [-0.3, -0.25) is 0 Å². The monoisotopic (exact) mass is 1250 g/mol. The minimum Gasteiger partial charge on any atom is -0.508 e. The maximum Gasteiger partial charge on any atom is 0.453 e. The fourth-order valence-electron chi connectivity index (χ4n) is 10.4. The quantitative estimate of drug-likeness (QED) is 0.0230. The Bertz CT molecular complexity index is 2420. The summed E-state index contributed by atoms with van der Waals surface area (Å²) in [5.74, 6) is -2.52. The maximum absolute atomic E-state index is 12.9. The number of fused-ring (bicyclic) bond motifs is 2. The number of rotatable bonds is 36. The number of phenols is 2. The molecule has 0 bridgehead atoms. The number of unbranched alkanes of at least 4 members (excludes halogenated alkanes) is 12. The number of hydrogen-bond acceptors (Lipinski definition) is 11. The summed E-state index contributed by atoms with van der Waals surface area (Å²) in [6.07, 6.45) is 3.62. The van der Waals surface area contributed by atoms with E-state index in [4.69, 9.17) is 33.5 Å². The number of hydrogen-bond donors (Lipinski definition) is 3. The third kappa shape index (κ3) is 26.0. The molecule has 6 rings (SSSR count). The SMILES string of the molecule is CCO.COCOc1ccc([C@H]2COc3cc(OCOC)ccc3[C@H]2CCCCCCCCCSCCCC(F)(F)C(F)(F)F)cc1.Oc1ccc([C@H]2COc3cc(O)ccc3[C@H]2CCCCCCCCCSCCCC(F)(F)C(F)(F)F)cc1. The van der Waals surface area contributed by atoms with Crippen molar-refractivity contribution in [2.45, 2.75) is 183 Å². The van der Waals surface area contributed by atoms with Gasteiger partial charge in [-0.25, -0.2) is 0 Å². The smallest absolute Gasteiger partial charge is 0.453 e. The first-order valence-electron chi connectivity index (χ1n) is 29.7. The summed E-state index contributed by atoms with van der Waals surface area (Å²) >= 11 is 2.90. The Balaban J connectivity index is 0.000000352. The fraction of sp³-hybridized carbons (Fsp3) is 0.625. The van der Waals surface area contributed by atoms with Crippen LogP contribution in [0.5, 0.6) is 34.5 Å². The van der Waals surface area contributed by atoms with Crippen LogP contribution in [0.1, 0.15) is 181 Å². The maximum atomic E-state index is 12.9. The van der Waals surface area contributed by atoms with Crippen LogP contribution in [0.2, 0.25) is 0 Å². The number of phenolic OH excluding ortho intramolecular Hbond substituents is 2. The Hall–Kier alpha value is -4.44. The van der Waals surface area contributed by atoms with Gasteiger partial charge in [-0.15, -0.1) is 0 Å². The molecule has 21 heteroatoms. The lowest BCUT2D eigenvalue weighted by atomic mass is 9.77. The Labute approximate surface area is 504 Å². The second-order valence-electron chi connectivity index (χ2n) is 21.4. The van der Waals surface area contributed by atoms with Crippen LogP contribution >= 0.6 is 23.5 Å². The van der Waals surface area contributed by atoms with Crippen LogP contribution in [-0.4, -0.2) is 110 Å². The molecule has 2 heterocycles. The topological polar surface area (TPSA) is 116 Å². The van der Waals surface area contributed by atoms with Crippen LogP contribution in [0.4, 0.5) is 43.9 Å². The molecular weight excluding hydrogens is 1170 g/mol. The fourth-order valence-corrected chi connectivity index (χ4v) is 12.3. The number of halogens is 10. The zero-order chi connectivity index (χ0) is 62.1. The van der Waals surface area contributed by atoms with E-state index in [2.05, 4.69) is 18.2 Å². The highest BCUT2D eigenvalue weighted by atomic mass is 32.2. The molecule has 0 fully saturated rings. The normalized spacial score (nSPS) is 16.8. The third-order valence-corrected chi connectivity index (χ3v) is 17.2. The molecule has 0 spiro atoms. The van der Waals surface area contributed by atoms with Crippen LogP contribution in [0, 0.1) is 0 Å². The first-order chi connectivity index (χ1) is 40.7. The molecule has 0 radical (unpaired) electrons. The van der Waals surface area contributed by atoms with Crippen LogP contribution < -0.4 is 18.9 Å². The molecular formula is C64H88F10O9S2.